The highest BCUT2D eigenvalue weighted by molar-refractivity contribution is 5.98. The van der Waals surface area contributed by atoms with E-state index in [0.717, 1.165) is 74.0 Å². The minimum Gasteiger partial charge on any atom is -0.494 e. The average Bonchev–Trinajstić information content (AvgIpc) is 3.36. The van der Waals surface area contributed by atoms with Crippen molar-refractivity contribution in [1.29, 1.82) is 0 Å². The standard InChI is InChI=1S/C41H59N7O5/c1-39(2,3)53-38(51)44-30-23-48(27-18-17-25(30)20-27)36(50)26-21-29(42-6)32(31(22-26)52-8)47(7)37-40(4)33-34(40)46-41(37,5)43-19-13-9-10-14-24-15-11-12-16-28(24)35(49)45-33/h11-12,15-16,21-22,25,27,30,33-34,37,42-43,46H,9-10,13-14,17-20,23H2,1-8H3,(H,44,51)(H,45,49)/t25?,27-,30-,33?,34+,37-,40?,41?/m0/s1. The zero-order valence-corrected chi connectivity index (χ0v) is 32.7. The number of fused-ring (bicyclic) bond motifs is 8. The maximum absolute atomic E-state index is 14.4. The molecule has 12 heteroatoms. The number of carbonyl (C=O) groups is 3. The molecule has 2 saturated heterocycles. The third kappa shape index (κ3) is 6.81. The van der Waals surface area contributed by atoms with E-state index >= 15 is 0 Å². The Morgan fingerprint density at radius 2 is 1.83 bits per heavy atom. The molecule has 4 aliphatic heterocycles. The van der Waals surface area contributed by atoms with Crippen LogP contribution in [0.2, 0.25) is 0 Å². The van der Waals surface area contributed by atoms with Gasteiger partial charge >= 0.3 is 6.09 Å². The summed E-state index contributed by atoms with van der Waals surface area (Å²) in [7, 11) is 5.61. The van der Waals surface area contributed by atoms with Crippen LogP contribution in [0.5, 0.6) is 5.75 Å². The third-order valence-corrected chi connectivity index (χ3v) is 12.7. The monoisotopic (exact) mass is 729 g/mol. The van der Waals surface area contributed by atoms with Gasteiger partial charge in [0.15, 0.2) is 0 Å². The lowest BCUT2D eigenvalue weighted by molar-refractivity contribution is 0.0390. The summed E-state index contributed by atoms with van der Waals surface area (Å²) < 4.78 is 11.7. The van der Waals surface area contributed by atoms with Gasteiger partial charge in [-0.3, -0.25) is 20.2 Å². The summed E-state index contributed by atoms with van der Waals surface area (Å²) in [6, 6.07) is 11.6. The molecule has 4 unspecified atom stereocenters. The van der Waals surface area contributed by atoms with Gasteiger partial charge in [0.1, 0.15) is 17.0 Å². The number of benzene rings is 2. The molecule has 6 bridgehead atoms. The molecule has 2 aromatic carbocycles. The quantitative estimate of drug-likeness (QED) is 0.282. The summed E-state index contributed by atoms with van der Waals surface area (Å²) in [5.41, 5.74) is 2.64. The Hall–Kier alpha value is -4.03. The van der Waals surface area contributed by atoms with Crippen molar-refractivity contribution in [3.05, 3.63) is 53.1 Å². The molecular formula is C41H59N7O5. The highest BCUT2D eigenvalue weighted by atomic mass is 16.6. The van der Waals surface area contributed by atoms with Gasteiger partial charge < -0.3 is 35.2 Å². The number of nitrogens with zero attached hydrogens (tertiary/aromatic N) is 2. The highest BCUT2D eigenvalue weighted by Gasteiger charge is 2.76. The zero-order valence-electron chi connectivity index (χ0n) is 32.7. The first-order valence-corrected chi connectivity index (χ1v) is 19.5. The van der Waals surface area contributed by atoms with Crippen molar-refractivity contribution in [2.24, 2.45) is 11.3 Å². The molecule has 8 rings (SSSR count). The number of likely N-dealkylation sites (tertiary alicyclic amines) is 1. The van der Waals surface area contributed by atoms with Crippen molar-refractivity contribution in [3.8, 4) is 5.75 Å². The number of hydrogen-bond acceptors (Lipinski definition) is 9. The Morgan fingerprint density at radius 1 is 1.06 bits per heavy atom. The Bertz CT molecular complexity index is 1720. The number of piperidine rings is 2. The Balaban J connectivity index is 1.17. The molecule has 53 heavy (non-hydrogen) atoms. The Labute approximate surface area is 314 Å². The van der Waals surface area contributed by atoms with Crippen LogP contribution in [0.3, 0.4) is 0 Å². The van der Waals surface area contributed by atoms with Crippen molar-refractivity contribution in [2.75, 3.05) is 44.5 Å². The van der Waals surface area contributed by atoms with Crippen molar-refractivity contribution >= 4 is 29.3 Å². The van der Waals surface area contributed by atoms with Crippen molar-refractivity contribution in [1.82, 2.24) is 26.2 Å². The topological polar surface area (TPSA) is 136 Å². The number of aryl methyl sites for hydroxylation is 1. The molecule has 12 nitrogen and oxygen atoms in total. The Kier molecular flexibility index (Phi) is 9.84. The second-order valence-electron chi connectivity index (χ2n) is 17.3. The molecule has 0 aromatic heterocycles. The lowest BCUT2D eigenvalue weighted by Gasteiger charge is -2.45. The summed E-state index contributed by atoms with van der Waals surface area (Å²) in [5, 5.41) is 17.7. The van der Waals surface area contributed by atoms with Crippen LogP contribution in [0, 0.1) is 11.3 Å². The third-order valence-electron chi connectivity index (χ3n) is 12.7. The molecule has 2 aliphatic carbocycles. The first-order valence-electron chi connectivity index (χ1n) is 19.5. The second kappa shape index (κ2) is 14.0. The lowest BCUT2D eigenvalue weighted by Crippen LogP contribution is -2.67. The maximum atomic E-state index is 14.4. The van der Waals surface area contributed by atoms with E-state index in [1.54, 1.807) is 7.11 Å². The minimum absolute atomic E-state index is 0.0256. The van der Waals surface area contributed by atoms with Crippen LogP contribution in [0.4, 0.5) is 16.2 Å². The molecule has 0 spiro atoms. The van der Waals surface area contributed by atoms with E-state index in [0.29, 0.717) is 23.8 Å². The van der Waals surface area contributed by atoms with Crippen LogP contribution >= 0.6 is 0 Å². The van der Waals surface area contributed by atoms with Gasteiger partial charge in [-0.25, -0.2) is 4.79 Å². The summed E-state index contributed by atoms with van der Waals surface area (Å²) in [4.78, 5) is 45.1. The van der Waals surface area contributed by atoms with Crippen LogP contribution in [-0.2, 0) is 11.2 Å². The number of hydrogen-bond donors (Lipinski definition) is 5. The minimum atomic E-state index is -0.602. The van der Waals surface area contributed by atoms with E-state index in [9.17, 15) is 14.4 Å². The molecule has 3 amide bonds. The molecule has 5 N–H and O–H groups in total. The fourth-order valence-corrected chi connectivity index (χ4v) is 10.2. The summed E-state index contributed by atoms with van der Waals surface area (Å²) in [5.74, 6) is 0.800. The second-order valence-corrected chi connectivity index (χ2v) is 17.3. The molecule has 0 radical (unpaired) electrons. The van der Waals surface area contributed by atoms with E-state index in [4.69, 9.17) is 9.47 Å². The van der Waals surface area contributed by atoms with Crippen LogP contribution in [0.15, 0.2) is 36.4 Å². The molecule has 2 saturated carbocycles. The normalized spacial score (nSPS) is 32.2. The van der Waals surface area contributed by atoms with Gasteiger partial charge in [-0.1, -0.05) is 31.5 Å². The number of methoxy groups -OCH3 is 1. The van der Waals surface area contributed by atoms with Crippen molar-refractivity contribution < 1.29 is 23.9 Å². The lowest BCUT2D eigenvalue weighted by atomic mass is 9.87. The van der Waals surface area contributed by atoms with E-state index in [1.807, 2.05) is 63.1 Å². The first-order chi connectivity index (χ1) is 25.2. The summed E-state index contributed by atoms with van der Waals surface area (Å²) in [6.45, 7) is 11.3. The van der Waals surface area contributed by atoms with Gasteiger partial charge in [0.05, 0.1) is 36.6 Å². The van der Waals surface area contributed by atoms with Gasteiger partial charge in [-0.2, -0.15) is 0 Å². The number of rotatable bonds is 6. The van der Waals surface area contributed by atoms with E-state index in [1.165, 1.54) is 0 Å². The predicted molar refractivity (Wildman–Crippen MR) is 207 cm³/mol. The van der Waals surface area contributed by atoms with Gasteiger partial charge in [-0.05, 0) is 102 Å². The largest absolute Gasteiger partial charge is 0.494 e. The van der Waals surface area contributed by atoms with E-state index < -0.39 is 17.4 Å². The highest BCUT2D eigenvalue weighted by Crippen LogP contribution is 2.60. The predicted octanol–water partition coefficient (Wildman–Crippen LogP) is 4.88. The van der Waals surface area contributed by atoms with Crippen molar-refractivity contribution in [2.45, 2.75) is 121 Å². The zero-order chi connectivity index (χ0) is 37.9. The average molecular weight is 730 g/mol. The fraction of sp³-hybridized carbons (Fsp3) is 0.634. The maximum Gasteiger partial charge on any atom is 0.407 e. The van der Waals surface area contributed by atoms with Crippen LogP contribution in [0.25, 0.3) is 0 Å². The van der Waals surface area contributed by atoms with E-state index in [-0.39, 0.29) is 47.4 Å². The smallest absolute Gasteiger partial charge is 0.407 e. The molecular weight excluding hydrogens is 670 g/mol. The number of likely N-dealkylation sites (N-methyl/N-ethyl adjacent to an activating group) is 1. The number of amides is 3. The molecule has 2 aromatic rings. The first kappa shape index (κ1) is 37.3. The van der Waals surface area contributed by atoms with Crippen molar-refractivity contribution in [3.63, 3.8) is 0 Å². The van der Waals surface area contributed by atoms with Crippen LogP contribution < -0.4 is 36.2 Å². The molecule has 4 fully saturated rings. The summed E-state index contributed by atoms with van der Waals surface area (Å²) in [6.07, 6.45) is 6.28. The number of nitrogens with one attached hydrogen (secondary N) is 5. The Morgan fingerprint density at radius 3 is 2.57 bits per heavy atom. The SMILES string of the molecule is CNc1cc(C(=O)N2C[C@H](NC(=O)OC(C)(C)C)C3CC[C@H]2C3)cc(OC)c1N(C)[C@@H]1C2(C)NCCCCCc3ccccc3C(=O)NC3[C@@H](N2)C31C. The number of alkyl carbamates (subject to hydrolysis) is 1. The fourth-order valence-electron chi connectivity index (χ4n) is 10.2. The van der Waals surface area contributed by atoms with Gasteiger partial charge in [0.25, 0.3) is 11.8 Å². The molecule has 4 heterocycles. The van der Waals surface area contributed by atoms with Gasteiger partial charge in [0, 0.05) is 49.3 Å². The number of anilines is 2. The molecule has 6 aliphatic rings. The molecule has 288 valence electrons. The van der Waals surface area contributed by atoms with Gasteiger partial charge in [0.2, 0.25) is 0 Å². The van der Waals surface area contributed by atoms with Gasteiger partial charge in [-0.15, -0.1) is 0 Å². The van der Waals surface area contributed by atoms with E-state index in [2.05, 4.69) is 58.4 Å². The number of carbonyl (C=O) groups excluding carboxylic acids is 3. The van der Waals surface area contributed by atoms with Crippen LogP contribution in [0.1, 0.15) is 99.4 Å². The number of ether oxygens (including phenoxy) is 2. The summed E-state index contributed by atoms with van der Waals surface area (Å²) >= 11 is 0. The molecule has 8 atom stereocenters. The van der Waals surface area contributed by atoms with Crippen LogP contribution in [-0.4, -0.2) is 98.6 Å².